The lowest BCUT2D eigenvalue weighted by molar-refractivity contribution is -0.137. The monoisotopic (exact) mass is 278 g/mol. The number of hydrogen-bond donors (Lipinski definition) is 2. The number of piperidine rings is 1. The summed E-state index contributed by atoms with van der Waals surface area (Å²) in [6, 6.07) is 0.344. The molecule has 6 nitrogen and oxygen atoms in total. The predicted molar refractivity (Wildman–Crippen MR) is 68.9 cm³/mol. The highest BCUT2D eigenvalue weighted by molar-refractivity contribution is 7.89. The first-order valence-electron chi connectivity index (χ1n) is 6.22. The van der Waals surface area contributed by atoms with E-state index in [0.717, 1.165) is 19.4 Å². The van der Waals surface area contributed by atoms with E-state index in [1.807, 2.05) is 7.05 Å². The van der Waals surface area contributed by atoms with Gasteiger partial charge >= 0.3 is 5.97 Å². The number of carboxylic acid groups (broad SMARTS) is 1. The van der Waals surface area contributed by atoms with E-state index in [1.165, 1.54) is 0 Å². The van der Waals surface area contributed by atoms with Gasteiger partial charge in [-0.1, -0.05) is 0 Å². The first kappa shape index (κ1) is 15.4. The number of nitrogens with one attached hydrogen (secondary N) is 1. The molecule has 0 bridgehead atoms. The van der Waals surface area contributed by atoms with E-state index in [4.69, 9.17) is 5.11 Å². The molecule has 1 aliphatic heterocycles. The van der Waals surface area contributed by atoms with Crippen molar-refractivity contribution in [1.82, 2.24) is 9.62 Å². The van der Waals surface area contributed by atoms with Crippen molar-refractivity contribution in [3.8, 4) is 0 Å². The van der Waals surface area contributed by atoms with Gasteiger partial charge in [0.15, 0.2) is 0 Å². The normalized spacial score (nSPS) is 26.1. The van der Waals surface area contributed by atoms with Gasteiger partial charge in [-0.2, -0.15) is 0 Å². The smallest absolute Gasteiger partial charge is 0.303 e. The van der Waals surface area contributed by atoms with E-state index in [0.29, 0.717) is 6.04 Å². The van der Waals surface area contributed by atoms with Gasteiger partial charge < -0.3 is 10.0 Å². The number of aliphatic carboxylic acids is 1. The number of nitrogens with zero attached hydrogens (tertiary/aromatic N) is 1. The summed E-state index contributed by atoms with van der Waals surface area (Å²) < 4.78 is 26.2. The number of carbonyl (C=O) groups is 1. The lowest BCUT2D eigenvalue weighted by atomic mass is 10.0. The Morgan fingerprint density at radius 2 is 2.17 bits per heavy atom. The van der Waals surface area contributed by atoms with Gasteiger partial charge in [0.25, 0.3) is 0 Å². The minimum absolute atomic E-state index is 0.0222. The molecule has 106 valence electrons. The Labute approximate surface area is 108 Å². The molecule has 1 saturated heterocycles. The maximum absolute atomic E-state index is 11.8. The summed E-state index contributed by atoms with van der Waals surface area (Å²) in [6.07, 6.45) is 1.66. The number of likely N-dealkylation sites (tertiary alicyclic amines) is 1. The molecule has 0 aromatic heterocycles. The van der Waals surface area contributed by atoms with Crippen LogP contribution in [0.1, 0.15) is 32.6 Å². The van der Waals surface area contributed by atoms with Gasteiger partial charge in [-0.3, -0.25) is 4.79 Å². The van der Waals surface area contributed by atoms with Crippen LogP contribution in [0.25, 0.3) is 0 Å². The van der Waals surface area contributed by atoms with E-state index < -0.39 is 16.0 Å². The first-order chi connectivity index (χ1) is 8.30. The van der Waals surface area contributed by atoms with Crippen LogP contribution in [0, 0.1) is 0 Å². The number of sulfonamides is 1. The van der Waals surface area contributed by atoms with Gasteiger partial charge in [0.2, 0.25) is 10.0 Å². The quantitative estimate of drug-likeness (QED) is 0.727. The molecule has 0 aromatic carbocycles. The van der Waals surface area contributed by atoms with Crippen molar-refractivity contribution in [3.63, 3.8) is 0 Å². The highest BCUT2D eigenvalue weighted by Gasteiger charge is 2.26. The molecule has 0 saturated carbocycles. The van der Waals surface area contributed by atoms with Crippen molar-refractivity contribution < 1.29 is 18.3 Å². The fourth-order valence-electron chi connectivity index (χ4n) is 2.12. The van der Waals surface area contributed by atoms with Gasteiger partial charge in [-0.25, -0.2) is 13.1 Å². The first-order valence-corrected chi connectivity index (χ1v) is 7.87. The largest absolute Gasteiger partial charge is 0.481 e. The maximum atomic E-state index is 11.8. The summed E-state index contributed by atoms with van der Waals surface area (Å²) in [5, 5.41) is 8.47. The molecule has 0 amide bonds. The molecule has 0 aromatic rings. The third-order valence-electron chi connectivity index (χ3n) is 3.36. The second-order valence-electron chi connectivity index (χ2n) is 4.98. The minimum Gasteiger partial charge on any atom is -0.481 e. The molecule has 1 aliphatic rings. The minimum atomic E-state index is -3.35. The topological polar surface area (TPSA) is 86.7 Å². The Kier molecular flexibility index (Phi) is 5.55. The van der Waals surface area contributed by atoms with Gasteiger partial charge in [-0.15, -0.1) is 0 Å². The Morgan fingerprint density at radius 1 is 1.50 bits per heavy atom. The molecule has 1 fully saturated rings. The molecule has 2 atom stereocenters. The Balaban J connectivity index is 2.38. The standard InChI is InChI=1S/C11H22N2O4S/c1-9-8-10(5-6-13(9)2)12-18(16,17)7-3-4-11(14)15/h9-10,12H,3-8H2,1-2H3,(H,14,15). The molecule has 18 heavy (non-hydrogen) atoms. The van der Waals surface area contributed by atoms with Crippen molar-refractivity contribution in [1.29, 1.82) is 0 Å². The van der Waals surface area contributed by atoms with Crippen LogP contribution < -0.4 is 4.72 Å². The van der Waals surface area contributed by atoms with E-state index in [9.17, 15) is 13.2 Å². The highest BCUT2D eigenvalue weighted by atomic mass is 32.2. The Bertz CT molecular complexity index is 383. The average molecular weight is 278 g/mol. The third kappa shape index (κ3) is 5.32. The summed E-state index contributed by atoms with van der Waals surface area (Å²) in [7, 11) is -1.32. The van der Waals surface area contributed by atoms with Crippen LogP contribution in [-0.4, -0.2) is 55.8 Å². The summed E-state index contributed by atoms with van der Waals surface area (Å²) in [5.74, 6) is -1.07. The van der Waals surface area contributed by atoms with Gasteiger partial charge in [0.1, 0.15) is 0 Å². The van der Waals surface area contributed by atoms with E-state index in [-0.39, 0.29) is 24.6 Å². The fourth-order valence-corrected chi connectivity index (χ4v) is 3.49. The second-order valence-corrected chi connectivity index (χ2v) is 6.86. The third-order valence-corrected chi connectivity index (χ3v) is 4.88. The van der Waals surface area contributed by atoms with Crippen molar-refractivity contribution >= 4 is 16.0 Å². The lowest BCUT2D eigenvalue weighted by Crippen LogP contribution is -2.47. The summed E-state index contributed by atoms with van der Waals surface area (Å²) in [6.45, 7) is 2.95. The molecule has 0 radical (unpaired) electrons. The van der Waals surface area contributed by atoms with Crippen LogP contribution in [0.4, 0.5) is 0 Å². The van der Waals surface area contributed by atoms with Crippen molar-refractivity contribution in [2.75, 3.05) is 19.3 Å². The molecule has 7 heteroatoms. The number of carboxylic acids is 1. The second kappa shape index (κ2) is 6.49. The predicted octanol–water partition coefficient (Wildman–Crippen LogP) is 0.253. The van der Waals surface area contributed by atoms with Crippen LogP contribution in [-0.2, 0) is 14.8 Å². The fraction of sp³-hybridized carbons (Fsp3) is 0.909. The summed E-state index contributed by atoms with van der Waals surface area (Å²) >= 11 is 0. The zero-order chi connectivity index (χ0) is 13.8. The van der Waals surface area contributed by atoms with E-state index >= 15 is 0 Å². The van der Waals surface area contributed by atoms with Crippen molar-refractivity contribution in [2.24, 2.45) is 0 Å². The zero-order valence-electron chi connectivity index (χ0n) is 10.9. The van der Waals surface area contributed by atoms with E-state index in [1.54, 1.807) is 0 Å². The molecular weight excluding hydrogens is 256 g/mol. The van der Waals surface area contributed by atoms with Crippen LogP contribution in [0.5, 0.6) is 0 Å². The number of rotatable bonds is 6. The highest BCUT2D eigenvalue weighted by Crippen LogP contribution is 2.16. The van der Waals surface area contributed by atoms with Gasteiger partial charge in [0, 0.05) is 18.5 Å². The molecule has 2 unspecified atom stereocenters. The van der Waals surface area contributed by atoms with Crippen LogP contribution >= 0.6 is 0 Å². The Hall–Kier alpha value is -0.660. The molecule has 1 heterocycles. The summed E-state index contributed by atoms with van der Waals surface area (Å²) in [4.78, 5) is 12.5. The molecular formula is C11H22N2O4S. The number of hydrogen-bond acceptors (Lipinski definition) is 4. The summed E-state index contributed by atoms with van der Waals surface area (Å²) in [5.41, 5.74) is 0. The van der Waals surface area contributed by atoms with Crippen LogP contribution in [0.2, 0.25) is 0 Å². The van der Waals surface area contributed by atoms with Gasteiger partial charge in [-0.05, 0) is 39.8 Å². The molecule has 0 aliphatic carbocycles. The van der Waals surface area contributed by atoms with Crippen LogP contribution in [0.3, 0.4) is 0 Å². The van der Waals surface area contributed by atoms with Crippen LogP contribution in [0.15, 0.2) is 0 Å². The zero-order valence-corrected chi connectivity index (χ0v) is 11.7. The maximum Gasteiger partial charge on any atom is 0.303 e. The van der Waals surface area contributed by atoms with E-state index in [2.05, 4.69) is 16.5 Å². The van der Waals surface area contributed by atoms with Crippen molar-refractivity contribution in [2.45, 2.75) is 44.7 Å². The molecule has 2 N–H and O–H groups in total. The molecule has 1 rings (SSSR count). The Morgan fingerprint density at radius 3 is 2.72 bits per heavy atom. The van der Waals surface area contributed by atoms with Crippen molar-refractivity contribution in [3.05, 3.63) is 0 Å². The SMILES string of the molecule is CC1CC(NS(=O)(=O)CCCC(=O)O)CCN1C. The van der Waals surface area contributed by atoms with Gasteiger partial charge in [0.05, 0.1) is 5.75 Å². The average Bonchev–Trinajstić information content (AvgIpc) is 2.22. The molecule has 0 spiro atoms. The lowest BCUT2D eigenvalue weighted by Gasteiger charge is -2.35.